The van der Waals surface area contributed by atoms with Gasteiger partial charge in [-0.2, -0.15) is 0 Å². The van der Waals surface area contributed by atoms with E-state index in [9.17, 15) is 9.59 Å². The number of benzene rings is 2. The summed E-state index contributed by atoms with van der Waals surface area (Å²) in [6.07, 6.45) is 0.831. The molecule has 1 N–H and O–H groups in total. The number of rotatable bonds is 7. The van der Waals surface area contributed by atoms with E-state index in [0.717, 1.165) is 22.1 Å². The molecule has 1 amide bonds. The minimum atomic E-state index is -0.427. The number of halogens is 1. The van der Waals surface area contributed by atoms with Gasteiger partial charge >= 0.3 is 5.97 Å². The van der Waals surface area contributed by atoms with Gasteiger partial charge in [-0.3, -0.25) is 9.59 Å². The molecular formula is C18H20ClNO3S. The van der Waals surface area contributed by atoms with Crippen LogP contribution in [-0.2, 0) is 14.3 Å². The minimum absolute atomic E-state index is 0.0726. The Bertz CT molecular complexity index is 730. The van der Waals surface area contributed by atoms with E-state index in [4.69, 9.17) is 16.3 Å². The maximum atomic E-state index is 11.8. The molecule has 0 bridgehead atoms. The molecule has 0 heterocycles. The highest BCUT2D eigenvalue weighted by molar-refractivity contribution is 8.00. The van der Waals surface area contributed by atoms with Gasteiger partial charge in [0.05, 0.1) is 5.75 Å². The van der Waals surface area contributed by atoms with Crippen molar-refractivity contribution in [3.63, 3.8) is 0 Å². The highest BCUT2D eigenvalue weighted by Gasteiger charge is 2.12. The molecule has 0 aliphatic rings. The molecule has 0 saturated carbocycles. The third kappa shape index (κ3) is 5.14. The van der Waals surface area contributed by atoms with Gasteiger partial charge in [-0.05, 0) is 30.9 Å². The second-order valence-electron chi connectivity index (χ2n) is 5.42. The summed E-state index contributed by atoms with van der Waals surface area (Å²) in [6.45, 7) is 3.63. The zero-order valence-electron chi connectivity index (χ0n) is 13.7. The lowest BCUT2D eigenvalue weighted by Gasteiger charge is -2.11. The van der Waals surface area contributed by atoms with Gasteiger partial charge in [-0.1, -0.05) is 42.8 Å². The fourth-order valence-electron chi connectivity index (χ4n) is 2.13. The maximum Gasteiger partial charge on any atom is 0.316 e. The van der Waals surface area contributed by atoms with Gasteiger partial charge in [0.1, 0.15) is 0 Å². The molecule has 2 aromatic rings. The number of carbonyl (C=O) groups excluding carboxylic acids is 2. The first-order valence-corrected chi connectivity index (χ1v) is 9.12. The molecule has 24 heavy (non-hydrogen) atoms. The Labute approximate surface area is 150 Å². The van der Waals surface area contributed by atoms with E-state index in [1.54, 1.807) is 0 Å². The predicted octanol–water partition coefficient (Wildman–Crippen LogP) is 4.04. The zero-order valence-corrected chi connectivity index (χ0v) is 15.2. The average Bonchev–Trinajstić information content (AvgIpc) is 2.58. The molecule has 1 atom stereocenters. The van der Waals surface area contributed by atoms with E-state index in [1.165, 1.54) is 11.8 Å². The Morgan fingerprint density at radius 1 is 1.25 bits per heavy atom. The molecule has 6 heteroatoms. The van der Waals surface area contributed by atoms with Crippen LogP contribution in [0.15, 0.2) is 41.3 Å². The first-order valence-electron chi connectivity index (χ1n) is 7.76. The molecule has 2 aromatic carbocycles. The van der Waals surface area contributed by atoms with Crippen LogP contribution in [0.25, 0.3) is 10.8 Å². The number of nitrogens with one attached hydrogen (secondary N) is 1. The van der Waals surface area contributed by atoms with Gasteiger partial charge in [-0.15, -0.1) is 11.8 Å². The van der Waals surface area contributed by atoms with Crippen molar-refractivity contribution in [2.75, 3.05) is 12.4 Å². The maximum absolute atomic E-state index is 11.8. The van der Waals surface area contributed by atoms with Gasteiger partial charge in [0.15, 0.2) is 6.61 Å². The van der Waals surface area contributed by atoms with Gasteiger partial charge in [-0.25, -0.2) is 0 Å². The van der Waals surface area contributed by atoms with Crippen LogP contribution in [0.1, 0.15) is 20.3 Å². The smallest absolute Gasteiger partial charge is 0.316 e. The molecule has 0 spiro atoms. The summed E-state index contributed by atoms with van der Waals surface area (Å²) in [5, 5.41) is 5.35. The van der Waals surface area contributed by atoms with Crippen LogP contribution in [0.3, 0.4) is 0 Å². The lowest BCUT2D eigenvalue weighted by molar-refractivity contribution is -0.146. The molecule has 0 aromatic heterocycles. The SMILES string of the molecule is CC[C@H](C)NC(=O)COC(=O)CSc1cccc2cccc(Cl)c12. The van der Waals surface area contributed by atoms with Crippen LogP contribution < -0.4 is 5.32 Å². The molecule has 0 saturated heterocycles. The number of ether oxygens (including phenoxy) is 1. The van der Waals surface area contributed by atoms with Crippen molar-refractivity contribution in [3.8, 4) is 0 Å². The van der Waals surface area contributed by atoms with Crippen molar-refractivity contribution in [1.82, 2.24) is 5.32 Å². The van der Waals surface area contributed by atoms with E-state index in [-0.39, 0.29) is 24.3 Å². The molecule has 128 valence electrons. The molecule has 2 rings (SSSR count). The second kappa shape index (κ2) is 8.94. The summed E-state index contributed by atoms with van der Waals surface area (Å²) in [5.41, 5.74) is 0. The van der Waals surface area contributed by atoms with E-state index in [1.807, 2.05) is 50.2 Å². The Kier molecular flexibility index (Phi) is 6.94. The Morgan fingerprint density at radius 2 is 1.96 bits per heavy atom. The molecule has 0 fully saturated rings. The molecule has 0 aliphatic heterocycles. The number of fused-ring (bicyclic) bond motifs is 1. The fraction of sp³-hybridized carbons (Fsp3) is 0.333. The van der Waals surface area contributed by atoms with Crippen LogP contribution in [0, 0.1) is 0 Å². The number of carbonyl (C=O) groups is 2. The van der Waals surface area contributed by atoms with E-state index in [2.05, 4.69) is 5.32 Å². The summed E-state index contributed by atoms with van der Waals surface area (Å²) in [4.78, 5) is 24.4. The number of thioether (sulfide) groups is 1. The first kappa shape index (κ1) is 18.6. The van der Waals surface area contributed by atoms with Crippen molar-refractivity contribution < 1.29 is 14.3 Å². The van der Waals surface area contributed by atoms with Crippen molar-refractivity contribution in [2.24, 2.45) is 0 Å². The largest absolute Gasteiger partial charge is 0.455 e. The minimum Gasteiger partial charge on any atom is -0.455 e. The van der Waals surface area contributed by atoms with Gasteiger partial charge < -0.3 is 10.1 Å². The number of hydrogen-bond donors (Lipinski definition) is 1. The van der Waals surface area contributed by atoms with Crippen molar-refractivity contribution in [3.05, 3.63) is 41.4 Å². The summed E-state index contributed by atoms with van der Waals surface area (Å²) < 4.78 is 5.01. The topological polar surface area (TPSA) is 55.4 Å². The van der Waals surface area contributed by atoms with Crippen LogP contribution in [0.2, 0.25) is 5.02 Å². The van der Waals surface area contributed by atoms with Crippen LogP contribution in [0.4, 0.5) is 0 Å². The van der Waals surface area contributed by atoms with E-state index >= 15 is 0 Å². The van der Waals surface area contributed by atoms with Crippen molar-refractivity contribution in [1.29, 1.82) is 0 Å². The van der Waals surface area contributed by atoms with Crippen LogP contribution in [0.5, 0.6) is 0 Å². The Morgan fingerprint density at radius 3 is 2.67 bits per heavy atom. The third-order valence-corrected chi connectivity index (χ3v) is 4.89. The van der Waals surface area contributed by atoms with E-state index < -0.39 is 5.97 Å². The summed E-state index contributed by atoms with van der Waals surface area (Å²) in [7, 11) is 0. The lowest BCUT2D eigenvalue weighted by atomic mass is 10.1. The fourth-order valence-corrected chi connectivity index (χ4v) is 3.37. The van der Waals surface area contributed by atoms with Crippen LogP contribution in [-0.4, -0.2) is 30.3 Å². The lowest BCUT2D eigenvalue weighted by Crippen LogP contribution is -2.35. The number of amides is 1. The zero-order chi connectivity index (χ0) is 17.5. The normalized spacial score (nSPS) is 12.0. The van der Waals surface area contributed by atoms with Gasteiger partial charge in [0, 0.05) is 21.3 Å². The Balaban J connectivity index is 1.90. The Hall–Kier alpha value is -1.72. The molecular weight excluding hydrogens is 346 g/mol. The number of esters is 1. The molecule has 0 aliphatic carbocycles. The standard InChI is InChI=1S/C18H20ClNO3S/c1-3-12(2)20-16(21)10-23-17(22)11-24-15-9-5-7-13-6-4-8-14(19)18(13)15/h4-9,12H,3,10-11H2,1-2H3,(H,20,21)/t12-/m0/s1. The summed E-state index contributed by atoms with van der Waals surface area (Å²) in [6, 6.07) is 11.6. The van der Waals surface area contributed by atoms with Crippen LogP contribution >= 0.6 is 23.4 Å². The average molecular weight is 366 g/mol. The first-order chi connectivity index (χ1) is 11.5. The van der Waals surface area contributed by atoms with Gasteiger partial charge in [0.25, 0.3) is 5.91 Å². The van der Waals surface area contributed by atoms with Gasteiger partial charge in [0.2, 0.25) is 0 Å². The number of hydrogen-bond acceptors (Lipinski definition) is 4. The highest BCUT2D eigenvalue weighted by atomic mass is 35.5. The highest BCUT2D eigenvalue weighted by Crippen LogP contribution is 2.33. The third-order valence-electron chi connectivity index (χ3n) is 3.55. The second-order valence-corrected chi connectivity index (χ2v) is 6.84. The quantitative estimate of drug-likeness (QED) is 0.594. The predicted molar refractivity (Wildman–Crippen MR) is 98.5 cm³/mol. The summed E-state index contributed by atoms with van der Waals surface area (Å²) in [5.74, 6) is -0.583. The van der Waals surface area contributed by atoms with Crippen molar-refractivity contribution in [2.45, 2.75) is 31.2 Å². The summed E-state index contributed by atoms with van der Waals surface area (Å²) >= 11 is 7.61. The van der Waals surface area contributed by atoms with Crippen molar-refractivity contribution >= 4 is 46.0 Å². The van der Waals surface area contributed by atoms with E-state index in [0.29, 0.717) is 5.02 Å². The monoisotopic (exact) mass is 365 g/mol. The molecule has 0 unspecified atom stereocenters. The molecule has 0 radical (unpaired) electrons. The molecule has 4 nitrogen and oxygen atoms in total.